The highest BCUT2D eigenvalue weighted by atomic mass is 31.2. The van der Waals surface area contributed by atoms with Gasteiger partial charge in [0, 0.05) is 19.4 Å². The van der Waals surface area contributed by atoms with E-state index >= 15 is 0 Å². The number of ether oxygens (including phenoxy) is 2. The zero-order chi connectivity index (χ0) is 55.9. The Kier molecular flexibility index (Phi) is 59.7. The van der Waals surface area contributed by atoms with Crippen LogP contribution in [-0.2, 0) is 32.7 Å². The summed E-state index contributed by atoms with van der Waals surface area (Å²) in [5, 5.41) is 0. The summed E-state index contributed by atoms with van der Waals surface area (Å²) in [6.07, 6.45) is 83.5. The Bertz CT molecular complexity index is 1580. The minimum atomic E-state index is -4.39. The van der Waals surface area contributed by atoms with Gasteiger partial charge in [-0.15, -0.1) is 0 Å². The second-order valence-electron chi connectivity index (χ2n) is 20.9. The molecule has 0 saturated carbocycles. The van der Waals surface area contributed by atoms with Crippen molar-refractivity contribution in [1.29, 1.82) is 0 Å². The molecule has 0 aliphatic rings. The van der Waals surface area contributed by atoms with E-state index in [1.807, 2.05) is 0 Å². The molecular formula is C67H118NO8P. The first-order valence-corrected chi connectivity index (χ1v) is 33.2. The third-order valence-corrected chi connectivity index (χ3v) is 14.4. The van der Waals surface area contributed by atoms with Crippen molar-refractivity contribution in [1.82, 2.24) is 0 Å². The van der Waals surface area contributed by atoms with Gasteiger partial charge in [-0.05, 0) is 96.3 Å². The van der Waals surface area contributed by atoms with E-state index in [0.29, 0.717) is 6.42 Å². The highest BCUT2D eigenvalue weighted by Crippen LogP contribution is 2.43. The van der Waals surface area contributed by atoms with Gasteiger partial charge in [-0.2, -0.15) is 0 Å². The highest BCUT2D eigenvalue weighted by molar-refractivity contribution is 7.47. The summed E-state index contributed by atoms with van der Waals surface area (Å²) in [5.41, 5.74) is 5.38. The summed E-state index contributed by atoms with van der Waals surface area (Å²) < 4.78 is 33.0. The second-order valence-corrected chi connectivity index (χ2v) is 22.3. The minimum absolute atomic E-state index is 0.0511. The topological polar surface area (TPSA) is 134 Å². The predicted octanol–water partition coefficient (Wildman–Crippen LogP) is 20.4. The molecule has 0 aromatic rings. The van der Waals surface area contributed by atoms with E-state index in [1.54, 1.807) is 0 Å². The van der Waals surface area contributed by atoms with Crippen LogP contribution in [0.25, 0.3) is 0 Å². The molecule has 0 aromatic carbocycles. The van der Waals surface area contributed by atoms with Gasteiger partial charge in [-0.25, -0.2) is 4.57 Å². The Balaban J connectivity index is 3.82. The van der Waals surface area contributed by atoms with Gasteiger partial charge in [-0.1, -0.05) is 272 Å². The highest BCUT2D eigenvalue weighted by Gasteiger charge is 2.26. The largest absolute Gasteiger partial charge is 0.472 e. The summed E-state index contributed by atoms with van der Waals surface area (Å²) in [6, 6.07) is 0. The van der Waals surface area contributed by atoms with Crippen molar-refractivity contribution in [2.75, 3.05) is 26.4 Å². The molecule has 2 atom stereocenters. The lowest BCUT2D eigenvalue weighted by Crippen LogP contribution is -2.29. The SMILES string of the molecule is CC/C=C\C/C=C\C/C=C\C/C=C\C/C=C\C/C=C\C/C=C\CCCCCCCCCCCCCCCCCCCCCC(=O)OC(COC(=O)CCCCCCC/C=C\CCCCCCCC)COP(=O)(O)OCCN. The predicted molar refractivity (Wildman–Crippen MR) is 330 cm³/mol. The van der Waals surface area contributed by atoms with Crippen LogP contribution in [0.1, 0.15) is 284 Å². The normalized spacial score (nSPS) is 13.7. The number of nitrogens with two attached hydrogens (primary N) is 1. The molecule has 0 aliphatic carbocycles. The first kappa shape index (κ1) is 73.9. The van der Waals surface area contributed by atoms with Gasteiger partial charge in [0.1, 0.15) is 6.61 Å². The fourth-order valence-corrected chi connectivity index (χ4v) is 9.55. The lowest BCUT2D eigenvalue weighted by atomic mass is 10.0. The third kappa shape index (κ3) is 62.0. The van der Waals surface area contributed by atoms with Crippen molar-refractivity contribution in [2.45, 2.75) is 290 Å². The molecule has 0 bridgehead atoms. The molecule has 0 saturated heterocycles. The van der Waals surface area contributed by atoms with Gasteiger partial charge in [0.2, 0.25) is 0 Å². The number of phosphoric ester groups is 1. The van der Waals surface area contributed by atoms with E-state index in [4.69, 9.17) is 24.3 Å². The van der Waals surface area contributed by atoms with E-state index < -0.39 is 26.5 Å². The van der Waals surface area contributed by atoms with Crippen LogP contribution in [0.5, 0.6) is 0 Å². The van der Waals surface area contributed by atoms with Crippen molar-refractivity contribution >= 4 is 19.8 Å². The van der Waals surface area contributed by atoms with Gasteiger partial charge in [0.25, 0.3) is 0 Å². The van der Waals surface area contributed by atoms with E-state index in [9.17, 15) is 19.0 Å². The van der Waals surface area contributed by atoms with Crippen LogP contribution in [0.4, 0.5) is 0 Å². The summed E-state index contributed by atoms with van der Waals surface area (Å²) in [6.45, 7) is 3.63. The average Bonchev–Trinajstić information content (AvgIpc) is 3.42. The Labute approximate surface area is 474 Å². The maximum atomic E-state index is 12.7. The molecule has 444 valence electrons. The monoisotopic (exact) mass is 1100 g/mol. The molecule has 9 nitrogen and oxygen atoms in total. The Morgan fingerprint density at radius 2 is 0.714 bits per heavy atom. The molecule has 0 radical (unpaired) electrons. The van der Waals surface area contributed by atoms with E-state index in [1.165, 1.54) is 148 Å². The van der Waals surface area contributed by atoms with Crippen molar-refractivity contribution in [2.24, 2.45) is 5.73 Å². The van der Waals surface area contributed by atoms with Crippen LogP contribution >= 0.6 is 7.82 Å². The smallest absolute Gasteiger partial charge is 0.462 e. The number of rotatable bonds is 59. The van der Waals surface area contributed by atoms with Crippen LogP contribution in [0, 0.1) is 0 Å². The molecule has 0 spiro atoms. The Morgan fingerprint density at radius 1 is 0.403 bits per heavy atom. The van der Waals surface area contributed by atoms with E-state index in [-0.39, 0.29) is 38.6 Å². The summed E-state index contributed by atoms with van der Waals surface area (Å²) in [4.78, 5) is 35.2. The van der Waals surface area contributed by atoms with Gasteiger partial charge in [0.15, 0.2) is 6.10 Å². The number of hydrogen-bond acceptors (Lipinski definition) is 8. The molecule has 0 rings (SSSR count). The lowest BCUT2D eigenvalue weighted by Gasteiger charge is -2.19. The zero-order valence-electron chi connectivity index (χ0n) is 49.7. The summed E-state index contributed by atoms with van der Waals surface area (Å²) in [5.74, 6) is -0.831. The standard InChI is InChI=1S/C67H118NO8P/c1-3-5-7-9-11-13-15-17-19-20-21-22-23-24-25-26-27-28-29-30-31-32-33-34-35-36-37-38-39-40-41-42-43-44-46-48-50-52-54-56-58-60-67(70)76-65(64-75-77(71,72)74-62-61-68)63-73-66(69)59-57-55-53-51-49-47-45-18-16-14-12-10-8-6-4-2/h5,7,11,13,17-19,21-22,24-25,27-28,30-31,45,65H,3-4,6,8-10,12,14-16,20,23,26,29,32-44,46-64,68H2,1-2H3,(H,71,72)/b7-5-,13-11-,19-17-,22-21-,25-24-,28-27-,31-30-,45-18-. The second kappa shape index (κ2) is 62.1. The van der Waals surface area contributed by atoms with Gasteiger partial charge < -0.3 is 20.1 Å². The van der Waals surface area contributed by atoms with E-state index in [2.05, 4.69) is 111 Å². The van der Waals surface area contributed by atoms with Crippen LogP contribution in [-0.4, -0.2) is 49.3 Å². The van der Waals surface area contributed by atoms with Gasteiger partial charge in [-0.3, -0.25) is 18.6 Å². The maximum absolute atomic E-state index is 12.7. The molecule has 3 N–H and O–H groups in total. The number of hydrogen-bond donors (Lipinski definition) is 2. The number of phosphoric acid groups is 1. The first-order chi connectivity index (χ1) is 37.8. The van der Waals surface area contributed by atoms with E-state index in [0.717, 1.165) is 103 Å². The van der Waals surface area contributed by atoms with Crippen LogP contribution in [0.2, 0.25) is 0 Å². The molecule has 0 heterocycles. The molecule has 0 aromatic heterocycles. The first-order valence-electron chi connectivity index (χ1n) is 31.7. The van der Waals surface area contributed by atoms with Crippen molar-refractivity contribution < 1.29 is 37.6 Å². The third-order valence-electron chi connectivity index (χ3n) is 13.5. The quantitative estimate of drug-likeness (QED) is 0.0264. The number of carbonyl (C=O) groups excluding carboxylic acids is 2. The summed E-state index contributed by atoms with van der Waals surface area (Å²) in [7, 11) is -4.39. The average molecular weight is 1100 g/mol. The lowest BCUT2D eigenvalue weighted by molar-refractivity contribution is -0.161. The molecule has 0 amide bonds. The van der Waals surface area contributed by atoms with Crippen LogP contribution in [0.3, 0.4) is 0 Å². The fourth-order valence-electron chi connectivity index (χ4n) is 8.79. The number of allylic oxidation sites excluding steroid dienone is 16. The van der Waals surface area contributed by atoms with Crippen LogP contribution in [0.15, 0.2) is 97.2 Å². The zero-order valence-corrected chi connectivity index (χ0v) is 50.6. The number of carbonyl (C=O) groups is 2. The molecule has 0 fully saturated rings. The summed E-state index contributed by atoms with van der Waals surface area (Å²) >= 11 is 0. The molecule has 2 unspecified atom stereocenters. The molecular weight excluding hydrogens is 978 g/mol. The van der Waals surface area contributed by atoms with Gasteiger partial charge >= 0.3 is 19.8 Å². The number of esters is 2. The van der Waals surface area contributed by atoms with Crippen molar-refractivity contribution in [3.05, 3.63) is 97.2 Å². The fraction of sp³-hybridized carbons (Fsp3) is 0.731. The molecule has 77 heavy (non-hydrogen) atoms. The van der Waals surface area contributed by atoms with Crippen molar-refractivity contribution in [3.8, 4) is 0 Å². The van der Waals surface area contributed by atoms with Crippen LogP contribution < -0.4 is 5.73 Å². The van der Waals surface area contributed by atoms with Crippen molar-refractivity contribution in [3.63, 3.8) is 0 Å². The minimum Gasteiger partial charge on any atom is -0.462 e. The number of unbranched alkanes of at least 4 members (excludes halogenated alkanes) is 30. The molecule has 0 aliphatic heterocycles. The molecule has 10 heteroatoms. The van der Waals surface area contributed by atoms with Gasteiger partial charge in [0.05, 0.1) is 13.2 Å². The maximum Gasteiger partial charge on any atom is 0.472 e. The Morgan fingerprint density at radius 3 is 1.08 bits per heavy atom. The Hall–Kier alpha value is -3.07.